The third-order valence-corrected chi connectivity index (χ3v) is 9.26. The van der Waals surface area contributed by atoms with E-state index in [4.69, 9.17) is 4.74 Å². The standard InChI is InChI=1S/C24H36N4O5S/c1-3-4-13-28-22(29)18-21(23(28)19-7-9-20(33-2)10-8-19)24(30)25-14-16-27(17-15-25)34(31,32)26-11-5-6-12-26/h7-10,21,23H,3-6,11-18H2,1-2H3/t21-,23-/m0/s1. The highest BCUT2D eigenvalue weighted by molar-refractivity contribution is 7.86. The molecule has 0 saturated carbocycles. The minimum atomic E-state index is -3.46. The summed E-state index contributed by atoms with van der Waals surface area (Å²) < 4.78 is 34.1. The highest BCUT2D eigenvalue weighted by atomic mass is 32.2. The van der Waals surface area contributed by atoms with E-state index >= 15 is 0 Å². The average Bonchev–Trinajstić information content (AvgIpc) is 3.51. The molecule has 3 fully saturated rings. The van der Waals surface area contributed by atoms with Crippen LogP contribution in [0.2, 0.25) is 0 Å². The molecule has 9 nitrogen and oxygen atoms in total. The number of likely N-dealkylation sites (tertiary alicyclic amines) is 1. The minimum Gasteiger partial charge on any atom is -0.497 e. The molecule has 0 spiro atoms. The molecule has 3 heterocycles. The molecule has 34 heavy (non-hydrogen) atoms. The summed E-state index contributed by atoms with van der Waals surface area (Å²) in [4.78, 5) is 30.2. The number of carbonyl (C=O) groups excluding carboxylic acids is 2. The van der Waals surface area contributed by atoms with E-state index in [1.807, 2.05) is 29.2 Å². The van der Waals surface area contributed by atoms with Gasteiger partial charge in [0.25, 0.3) is 10.2 Å². The molecule has 2 amide bonds. The fourth-order valence-corrected chi connectivity index (χ4v) is 6.94. The first kappa shape index (κ1) is 24.9. The van der Waals surface area contributed by atoms with Crippen LogP contribution in [0.4, 0.5) is 0 Å². The van der Waals surface area contributed by atoms with Gasteiger partial charge < -0.3 is 14.5 Å². The van der Waals surface area contributed by atoms with E-state index in [1.165, 1.54) is 4.31 Å². The Kier molecular flexibility index (Phi) is 7.79. The van der Waals surface area contributed by atoms with Gasteiger partial charge in [-0.1, -0.05) is 25.5 Å². The quantitative estimate of drug-likeness (QED) is 0.553. The van der Waals surface area contributed by atoms with Gasteiger partial charge in [0.2, 0.25) is 11.8 Å². The van der Waals surface area contributed by atoms with Crippen LogP contribution in [-0.2, 0) is 19.8 Å². The number of methoxy groups -OCH3 is 1. The maximum absolute atomic E-state index is 13.6. The minimum absolute atomic E-state index is 0.00265. The van der Waals surface area contributed by atoms with E-state index in [0.717, 1.165) is 37.0 Å². The molecule has 4 rings (SSSR count). The molecule has 0 bridgehead atoms. The molecule has 3 aliphatic heterocycles. The van der Waals surface area contributed by atoms with Gasteiger partial charge >= 0.3 is 0 Å². The second-order valence-corrected chi connectivity index (χ2v) is 11.2. The van der Waals surface area contributed by atoms with Gasteiger partial charge in [-0.15, -0.1) is 0 Å². The number of nitrogens with zero attached hydrogens (tertiary/aromatic N) is 4. The van der Waals surface area contributed by atoms with Gasteiger partial charge in [-0.2, -0.15) is 17.0 Å². The van der Waals surface area contributed by atoms with Crippen molar-refractivity contribution in [2.45, 2.75) is 45.1 Å². The van der Waals surface area contributed by atoms with E-state index in [-0.39, 0.29) is 37.4 Å². The van der Waals surface area contributed by atoms with Crippen LogP contribution in [0, 0.1) is 5.92 Å². The predicted molar refractivity (Wildman–Crippen MR) is 128 cm³/mol. The molecule has 1 aromatic carbocycles. The van der Waals surface area contributed by atoms with Crippen LogP contribution in [0.25, 0.3) is 0 Å². The molecule has 0 aliphatic carbocycles. The highest BCUT2D eigenvalue weighted by Gasteiger charge is 2.46. The lowest BCUT2D eigenvalue weighted by Gasteiger charge is -2.38. The number of ether oxygens (including phenoxy) is 1. The van der Waals surface area contributed by atoms with Crippen molar-refractivity contribution in [3.8, 4) is 5.75 Å². The topological polar surface area (TPSA) is 90.5 Å². The van der Waals surface area contributed by atoms with E-state index in [2.05, 4.69) is 6.92 Å². The molecule has 3 saturated heterocycles. The van der Waals surface area contributed by atoms with E-state index in [0.29, 0.717) is 32.7 Å². The first-order chi connectivity index (χ1) is 16.4. The number of hydrogen-bond acceptors (Lipinski definition) is 5. The van der Waals surface area contributed by atoms with Crippen LogP contribution in [-0.4, -0.2) is 91.6 Å². The zero-order valence-corrected chi connectivity index (χ0v) is 21.0. The summed E-state index contributed by atoms with van der Waals surface area (Å²) in [5.74, 6) is 0.195. The zero-order valence-electron chi connectivity index (χ0n) is 20.2. The number of benzene rings is 1. The van der Waals surface area contributed by atoms with Crippen molar-refractivity contribution in [2.24, 2.45) is 5.92 Å². The number of carbonyl (C=O) groups is 2. The summed E-state index contributed by atoms with van der Waals surface area (Å²) in [6.07, 6.45) is 3.83. The first-order valence-corrected chi connectivity index (χ1v) is 13.7. The van der Waals surface area contributed by atoms with Crippen molar-refractivity contribution < 1.29 is 22.7 Å². The van der Waals surface area contributed by atoms with Crippen molar-refractivity contribution in [3.63, 3.8) is 0 Å². The van der Waals surface area contributed by atoms with Gasteiger partial charge in [0.15, 0.2) is 0 Å². The van der Waals surface area contributed by atoms with Gasteiger partial charge in [-0.3, -0.25) is 9.59 Å². The Morgan fingerprint density at radius 2 is 1.62 bits per heavy atom. The number of amides is 2. The number of hydrogen-bond donors (Lipinski definition) is 0. The largest absolute Gasteiger partial charge is 0.497 e. The second kappa shape index (κ2) is 10.6. The molecule has 1 aromatic rings. The molecule has 0 N–H and O–H groups in total. The van der Waals surface area contributed by atoms with Crippen LogP contribution in [0.5, 0.6) is 5.75 Å². The molecular formula is C24H36N4O5S. The van der Waals surface area contributed by atoms with Crippen LogP contribution in [0.15, 0.2) is 24.3 Å². The normalized spacial score (nSPS) is 24.7. The monoisotopic (exact) mass is 492 g/mol. The molecule has 0 radical (unpaired) electrons. The summed E-state index contributed by atoms with van der Waals surface area (Å²) in [6, 6.07) is 7.27. The highest BCUT2D eigenvalue weighted by Crippen LogP contribution is 2.40. The molecule has 2 atom stereocenters. The van der Waals surface area contributed by atoms with Crippen LogP contribution in [0.3, 0.4) is 0 Å². The van der Waals surface area contributed by atoms with Gasteiger partial charge in [0.1, 0.15) is 5.75 Å². The maximum Gasteiger partial charge on any atom is 0.282 e. The molecule has 10 heteroatoms. The van der Waals surface area contributed by atoms with E-state index < -0.39 is 16.1 Å². The smallest absolute Gasteiger partial charge is 0.282 e. The summed E-state index contributed by atoms with van der Waals surface area (Å²) in [7, 11) is -1.85. The Morgan fingerprint density at radius 3 is 2.21 bits per heavy atom. The maximum atomic E-state index is 13.6. The van der Waals surface area contributed by atoms with Crippen LogP contribution >= 0.6 is 0 Å². The zero-order chi connectivity index (χ0) is 24.3. The Balaban J connectivity index is 1.48. The van der Waals surface area contributed by atoms with Gasteiger partial charge in [-0.25, -0.2) is 0 Å². The lowest BCUT2D eigenvalue weighted by molar-refractivity contribution is -0.137. The summed E-state index contributed by atoms with van der Waals surface area (Å²) in [5.41, 5.74) is 0.927. The number of piperazine rings is 1. The SMILES string of the molecule is CCCCN1C(=O)C[C@H](C(=O)N2CCN(S(=O)(=O)N3CCCC3)CC2)[C@@H]1c1ccc(OC)cc1. The van der Waals surface area contributed by atoms with Gasteiger partial charge in [-0.05, 0) is 37.0 Å². The Labute approximate surface area is 202 Å². The molecule has 188 valence electrons. The fraction of sp³-hybridized carbons (Fsp3) is 0.667. The molecule has 0 aromatic heterocycles. The first-order valence-electron chi connectivity index (χ1n) is 12.3. The lowest BCUT2D eigenvalue weighted by atomic mass is 9.92. The van der Waals surface area contributed by atoms with Crippen LogP contribution in [0.1, 0.15) is 50.6 Å². The molecular weight excluding hydrogens is 456 g/mol. The Hall–Kier alpha value is -2.17. The average molecular weight is 493 g/mol. The second-order valence-electron chi connectivity index (χ2n) is 9.31. The fourth-order valence-electron chi connectivity index (χ4n) is 5.27. The van der Waals surface area contributed by atoms with Gasteiger partial charge in [0.05, 0.1) is 19.1 Å². The number of rotatable bonds is 8. The van der Waals surface area contributed by atoms with Crippen molar-refractivity contribution in [1.29, 1.82) is 0 Å². The summed E-state index contributed by atoms with van der Waals surface area (Å²) in [6.45, 7) is 5.13. The summed E-state index contributed by atoms with van der Waals surface area (Å²) in [5, 5.41) is 0. The van der Waals surface area contributed by atoms with Crippen molar-refractivity contribution >= 4 is 22.0 Å². The van der Waals surface area contributed by atoms with Gasteiger partial charge in [0, 0.05) is 52.2 Å². The molecule has 3 aliphatic rings. The summed E-state index contributed by atoms with van der Waals surface area (Å²) >= 11 is 0. The van der Waals surface area contributed by atoms with Crippen molar-refractivity contribution in [2.75, 3.05) is 52.9 Å². The Morgan fingerprint density at radius 1 is 1.00 bits per heavy atom. The van der Waals surface area contributed by atoms with E-state index in [1.54, 1.807) is 16.3 Å². The third kappa shape index (κ3) is 4.94. The van der Waals surface area contributed by atoms with E-state index in [9.17, 15) is 18.0 Å². The Bertz CT molecular complexity index is 970. The van der Waals surface area contributed by atoms with Crippen LogP contribution < -0.4 is 4.74 Å². The van der Waals surface area contributed by atoms with Crippen molar-refractivity contribution in [1.82, 2.24) is 18.4 Å². The lowest BCUT2D eigenvalue weighted by Crippen LogP contribution is -2.55. The third-order valence-electron chi connectivity index (χ3n) is 7.23. The van der Waals surface area contributed by atoms with Crippen molar-refractivity contribution in [3.05, 3.63) is 29.8 Å². The predicted octanol–water partition coefficient (Wildman–Crippen LogP) is 1.87. The number of unbranched alkanes of at least 4 members (excludes halogenated alkanes) is 1. The molecule has 0 unspecified atom stereocenters.